The molecule has 0 saturated carbocycles. The van der Waals surface area contributed by atoms with Crippen LogP contribution >= 0.6 is 0 Å². The minimum Gasteiger partial charge on any atom is -0.302 e. The Balaban J connectivity index is 3.99. The first-order chi connectivity index (χ1) is 4.63. The molecule has 11 heavy (non-hydrogen) atoms. The molecule has 68 valence electrons. The van der Waals surface area contributed by atoms with Gasteiger partial charge in [0.2, 0.25) is 0 Å². The molecule has 0 aliphatic heterocycles. The van der Waals surface area contributed by atoms with Crippen molar-refractivity contribution in [2.45, 2.75) is 45.5 Å². The van der Waals surface area contributed by atoms with Crippen LogP contribution in [0, 0.1) is 0 Å². The van der Waals surface area contributed by atoms with Gasteiger partial charge in [0, 0.05) is 5.54 Å². The molecule has 0 aromatic rings. The van der Waals surface area contributed by atoms with Crippen LogP contribution in [0.15, 0.2) is 0 Å². The first-order valence-corrected chi connectivity index (χ1v) is 3.47. The van der Waals surface area contributed by atoms with Crippen molar-refractivity contribution in [1.82, 2.24) is 5.32 Å². The molecule has 0 aliphatic carbocycles. The number of rotatable bonds is 1. The van der Waals surface area contributed by atoms with Crippen molar-refractivity contribution in [3.63, 3.8) is 0 Å². The Hall–Kier alpha value is -0.250. The molecule has 0 aliphatic rings. The lowest BCUT2D eigenvalue weighted by molar-refractivity contribution is -0.155. The Morgan fingerprint density at radius 3 is 1.55 bits per heavy atom. The number of halogens is 3. The highest BCUT2D eigenvalue weighted by Gasteiger charge is 2.37. The minimum atomic E-state index is -4.15. The monoisotopic (exact) mass is 169 g/mol. The lowest BCUT2D eigenvalue weighted by Crippen LogP contribution is -2.49. The van der Waals surface area contributed by atoms with Crippen LogP contribution < -0.4 is 5.32 Å². The predicted molar refractivity (Wildman–Crippen MR) is 38.4 cm³/mol. The van der Waals surface area contributed by atoms with Crippen LogP contribution in [-0.4, -0.2) is 17.8 Å². The van der Waals surface area contributed by atoms with E-state index in [9.17, 15) is 13.2 Å². The summed E-state index contributed by atoms with van der Waals surface area (Å²) >= 11 is 0. The Morgan fingerprint density at radius 1 is 1.09 bits per heavy atom. The van der Waals surface area contributed by atoms with Gasteiger partial charge in [0.15, 0.2) is 0 Å². The van der Waals surface area contributed by atoms with Gasteiger partial charge in [0.1, 0.15) is 6.04 Å². The second kappa shape index (κ2) is 3.01. The SMILES string of the molecule is C[C@@H](NC(C)(C)C)C(F)(F)F. The van der Waals surface area contributed by atoms with Gasteiger partial charge in [-0.1, -0.05) is 0 Å². The van der Waals surface area contributed by atoms with Gasteiger partial charge in [-0.2, -0.15) is 13.2 Å². The fraction of sp³-hybridized carbons (Fsp3) is 1.00. The van der Waals surface area contributed by atoms with Crippen molar-refractivity contribution in [2.24, 2.45) is 0 Å². The molecule has 0 heterocycles. The van der Waals surface area contributed by atoms with E-state index in [0.29, 0.717) is 0 Å². The second-order valence-electron chi connectivity index (χ2n) is 3.66. The van der Waals surface area contributed by atoms with Crippen LogP contribution in [-0.2, 0) is 0 Å². The van der Waals surface area contributed by atoms with E-state index in [1.807, 2.05) is 0 Å². The number of hydrogen-bond donors (Lipinski definition) is 1. The molecule has 0 aromatic carbocycles. The molecule has 0 rings (SSSR count). The smallest absolute Gasteiger partial charge is 0.302 e. The summed E-state index contributed by atoms with van der Waals surface area (Å²) in [5.41, 5.74) is -0.491. The molecule has 0 amide bonds. The van der Waals surface area contributed by atoms with Crippen molar-refractivity contribution in [2.75, 3.05) is 0 Å². The van der Waals surface area contributed by atoms with Crippen molar-refractivity contribution in [3.05, 3.63) is 0 Å². The van der Waals surface area contributed by atoms with Gasteiger partial charge in [0.05, 0.1) is 0 Å². The molecule has 4 heteroatoms. The first kappa shape index (κ1) is 10.8. The number of hydrogen-bond acceptors (Lipinski definition) is 1. The fourth-order valence-electron chi connectivity index (χ4n) is 0.731. The molecule has 0 saturated heterocycles. The van der Waals surface area contributed by atoms with Crippen LogP contribution in [0.2, 0.25) is 0 Å². The summed E-state index contributed by atoms with van der Waals surface area (Å²) < 4.78 is 35.8. The van der Waals surface area contributed by atoms with Crippen molar-refractivity contribution < 1.29 is 13.2 Å². The topological polar surface area (TPSA) is 12.0 Å². The molecule has 1 nitrogen and oxygen atoms in total. The van der Waals surface area contributed by atoms with E-state index in [0.717, 1.165) is 6.92 Å². The van der Waals surface area contributed by atoms with Gasteiger partial charge in [-0.3, -0.25) is 0 Å². The molecule has 0 bridgehead atoms. The lowest BCUT2D eigenvalue weighted by Gasteiger charge is -2.27. The Bertz CT molecular complexity index is 123. The number of nitrogens with one attached hydrogen (secondary N) is 1. The molecule has 0 radical (unpaired) electrons. The van der Waals surface area contributed by atoms with Gasteiger partial charge in [0.25, 0.3) is 0 Å². The van der Waals surface area contributed by atoms with E-state index in [4.69, 9.17) is 0 Å². The van der Waals surface area contributed by atoms with Crippen molar-refractivity contribution >= 4 is 0 Å². The van der Waals surface area contributed by atoms with Gasteiger partial charge < -0.3 is 5.32 Å². The standard InChI is InChI=1S/C7H14F3N/c1-5(7(8,9)10)11-6(2,3)4/h5,11H,1-4H3/t5-/m1/s1. The first-order valence-electron chi connectivity index (χ1n) is 3.47. The normalized spacial score (nSPS) is 16.6. The van der Waals surface area contributed by atoms with Gasteiger partial charge in [-0.25, -0.2) is 0 Å². The van der Waals surface area contributed by atoms with E-state index >= 15 is 0 Å². The largest absolute Gasteiger partial charge is 0.403 e. The van der Waals surface area contributed by atoms with E-state index in [1.165, 1.54) is 0 Å². The third kappa shape index (κ3) is 5.07. The Labute approximate surface area is 65.0 Å². The van der Waals surface area contributed by atoms with Gasteiger partial charge in [-0.15, -0.1) is 0 Å². The molecule has 0 aromatic heterocycles. The highest BCUT2D eigenvalue weighted by molar-refractivity contribution is 4.79. The third-order valence-electron chi connectivity index (χ3n) is 1.14. The molecular formula is C7H14F3N. The van der Waals surface area contributed by atoms with Crippen LogP contribution in [0.1, 0.15) is 27.7 Å². The Kier molecular flexibility index (Phi) is 2.94. The zero-order valence-electron chi connectivity index (χ0n) is 7.21. The summed E-state index contributed by atoms with van der Waals surface area (Å²) in [5, 5.41) is 2.43. The maximum absolute atomic E-state index is 11.9. The molecule has 1 atom stereocenters. The average molecular weight is 169 g/mol. The van der Waals surface area contributed by atoms with Crippen LogP contribution in [0.25, 0.3) is 0 Å². The quantitative estimate of drug-likeness (QED) is 0.635. The van der Waals surface area contributed by atoms with E-state index in [-0.39, 0.29) is 0 Å². The third-order valence-corrected chi connectivity index (χ3v) is 1.14. The van der Waals surface area contributed by atoms with Crippen molar-refractivity contribution in [1.29, 1.82) is 0 Å². The van der Waals surface area contributed by atoms with Gasteiger partial charge in [-0.05, 0) is 27.7 Å². The second-order valence-corrected chi connectivity index (χ2v) is 3.66. The molecular weight excluding hydrogens is 155 g/mol. The molecule has 0 unspecified atom stereocenters. The molecule has 0 spiro atoms. The summed E-state index contributed by atoms with van der Waals surface area (Å²) in [6.45, 7) is 6.23. The summed E-state index contributed by atoms with van der Waals surface area (Å²) in [4.78, 5) is 0. The zero-order chi connectivity index (χ0) is 9.28. The summed E-state index contributed by atoms with van der Waals surface area (Å²) in [7, 11) is 0. The van der Waals surface area contributed by atoms with E-state index in [2.05, 4.69) is 5.32 Å². The summed E-state index contributed by atoms with van der Waals surface area (Å²) in [6.07, 6.45) is -4.15. The zero-order valence-corrected chi connectivity index (χ0v) is 7.21. The summed E-state index contributed by atoms with van der Waals surface area (Å²) in [5.74, 6) is 0. The van der Waals surface area contributed by atoms with E-state index < -0.39 is 17.8 Å². The van der Waals surface area contributed by atoms with Crippen LogP contribution in [0.3, 0.4) is 0 Å². The highest BCUT2D eigenvalue weighted by Crippen LogP contribution is 2.21. The average Bonchev–Trinajstić information content (AvgIpc) is 1.56. The highest BCUT2D eigenvalue weighted by atomic mass is 19.4. The maximum atomic E-state index is 11.9. The number of alkyl halides is 3. The van der Waals surface area contributed by atoms with Crippen LogP contribution in [0.5, 0.6) is 0 Å². The molecule has 0 fully saturated rings. The predicted octanol–water partition coefficient (Wildman–Crippen LogP) is 2.33. The molecule has 1 N–H and O–H groups in total. The van der Waals surface area contributed by atoms with Crippen LogP contribution in [0.4, 0.5) is 13.2 Å². The Morgan fingerprint density at radius 2 is 1.45 bits per heavy atom. The lowest BCUT2D eigenvalue weighted by atomic mass is 10.1. The minimum absolute atomic E-state index is 0.491. The maximum Gasteiger partial charge on any atom is 0.403 e. The van der Waals surface area contributed by atoms with Gasteiger partial charge >= 0.3 is 6.18 Å². The fourth-order valence-corrected chi connectivity index (χ4v) is 0.731. The van der Waals surface area contributed by atoms with E-state index in [1.54, 1.807) is 20.8 Å². The van der Waals surface area contributed by atoms with Crippen molar-refractivity contribution in [3.8, 4) is 0 Å². The summed E-state index contributed by atoms with van der Waals surface area (Å²) in [6, 6.07) is -1.44.